The van der Waals surface area contributed by atoms with E-state index in [1.165, 1.54) is 11.1 Å². The molecule has 0 aliphatic carbocycles. The summed E-state index contributed by atoms with van der Waals surface area (Å²) in [7, 11) is 2.10. The predicted molar refractivity (Wildman–Crippen MR) is 73.2 cm³/mol. The van der Waals surface area contributed by atoms with E-state index in [2.05, 4.69) is 50.1 Å². The van der Waals surface area contributed by atoms with Crippen LogP contribution in [-0.2, 0) is 6.54 Å². The first-order valence-electron chi connectivity index (χ1n) is 6.44. The van der Waals surface area contributed by atoms with Crippen molar-refractivity contribution in [2.45, 2.75) is 45.8 Å². The van der Waals surface area contributed by atoms with Gasteiger partial charge in [-0.3, -0.25) is 0 Å². The largest absolute Gasteiger partial charge is 0.393 e. The lowest BCUT2D eigenvalue weighted by atomic mass is 10.0. The van der Waals surface area contributed by atoms with E-state index in [-0.39, 0.29) is 6.10 Å². The fourth-order valence-corrected chi connectivity index (χ4v) is 1.81. The Labute approximate surface area is 105 Å². The van der Waals surface area contributed by atoms with Crippen molar-refractivity contribution in [3.8, 4) is 0 Å². The topological polar surface area (TPSA) is 23.5 Å². The third-order valence-corrected chi connectivity index (χ3v) is 3.03. The molecule has 2 heteroatoms. The van der Waals surface area contributed by atoms with Gasteiger partial charge in [-0.15, -0.1) is 0 Å². The molecule has 96 valence electrons. The molecular formula is C15H25NO. The summed E-state index contributed by atoms with van der Waals surface area (Å²) >= 11 is 0. The number of hydrogen-bond donors (Lipinski definition) is 1. The molecule has 0 heterocycles. The maximum atomic E-state index is 9.24. The Morgan fingerprint density at radius 2 is 1.71 bits per heavy atom. The summed E-state index contributed by atoms with van der Waals surface area (Å²) in [6, 6.07) is 8.83. The summed E-state index contributed by atoms with van der Waals surface area (Å²) in [5, 5.41) is 9.24. The second kappa shape index (κ2) is 6.77. The highest BCUT2D eigenvalue weighted by molar-refractivity contribution is 5.24. The van der Waals surface area contributed by atoms with Gasteiger partial charge in [-0.05, 0) is 37.4 Å². The first-order chi connectivity index (χ1) is 7.99. The van der Waals surface area contributed by atoms with E-state index in [0.29, 0.717) is 5.92 Å². The maximum absolute atomic E-state index is 9.24. The van der Waals surface area contributed by atoms with E-state index in [4.69, 9.17) is 0 Å². The molecule has 0 aliphatic rings. The molecule has 0 amide bonds. The zero-order valence-electron chi connectivity index (χ0n) is 11.5. The van der Waals surface area contributed by atoms with Gasteiger partial charge in [0.25, 0.3) is 0 Å². The first-order valence-corrected chi connectivity index (χ1v) is 6.44. The van der Waals surface area contributed by atoms with Gasteiger partial charge in [0.05, 0.1) is 6.10 Å². The molecule has 1 N–H and O–H groups in total. The second-order valence-corrected chi connectivity index (χ2v) is 5.27. The molecule has 0 radical (unpaired) electrons. The number of benzene rings is 1. The van der Waals surface area contributed by atoms with Gasteiger partial charge in [-0.2, -0.15) is 0 Å². The lowest BCUT2D eigenvalue weighted by molar-refractivity contribution is 0.163. The standard InChI is InChI=1S/C15H25NO/c1-12(2)15-7-5-14(6-8-15)11-16(4)10-9-13(3)17/h5-8,12-13,17H,9-11H2,1-4H3. The van der Waals surface area contributed by atoms with Crippen LogP contribution in [0.1, 0.15) is 44.2 Å². The van der Waals surface area contributed by atoms with Gasteiger partial charge < -0.3 is 10.0 Å². The zero-order valence-corrected chi connectivity index (χ0v) is 11.5. The van der Waals surface area contributed by atoms with Crippen LogP contribution < -0.4 is 0 Å². The normalized spacial score (nSPS) is 13.4. The first kappa shape index (κ1) is 14.2. The smallest absolute Gasteiger partial charge is 0.0524 e. The van der Waals surface area contributed by atoms with E-state index in [9.17, 15) is 5.11 Å². The van der Waals surface area contributed by atoms with Crippen molar-refractivity contribution in [1.82, 2.24) is 4.90 Å². The fourth-order valence-electron chi connectivity index (χ4n) is 1.81. The average Bonchev–Trinajstić information content (AvgIpc) is 2.27. The van der Waals surface area contributed by atoms with Gasteiger partial charge in [-0.25, -0.2) is 0 Å². The van der Waals surface area contributed by atoms with Crippen molar-refractivity contribution in [2.24, 2.45) is 0 Å². The van der Waals surface area contributed by atoms with Crippen LogP contribution >= 0.6 is 0 Å². The highest BCUT2D eigenvalue weighted by Gasteiger charge is 2.03. The summed E-state index contributed by atoms with van der Waals surface area (Å²) in [5.41, 5.74) is 2.72. The lowest BCUT2D eigenvalue weighted by Crippen LogP contribution is -2.22. The average molecular weight is 235 g/mol. The number of aliphatic hydroxyl groups is 1. The molecule has 2 nitrogen and oxygen atoms in total. The highest BCUT2D eigenvalue weighted by Crippen LogP contribution is 2.15. The molecule has 1 aromatic rings. The summed E-state index contributed by atoms with van der Waals surface area (Å²) in [5.74, 6) is 0.594. The van der Waals surface area contributed by atoms with E-state index in [1.54, 1.807) is 0 Å². The molecular weight excluding hydrogens is 210 g/mol. The summed E-state index contributed by atoms with van der Waals surface area (Å²) in [4.78, 5) is 2.25. The molecule has 0 fully saturated rings. The molecule has 0 bridgehead atoms. The van der Waals surface area contributed by atoms with E-state index in [1.807, 2.05) is 6.92 Å². The summed E-state index contributed by atoms with van der Waals surface area (Å²) in [6.07, 6.45) is 0.626. The molecule has 0 saturated carbocycles. The minimum absolute atomic E-state index is 0.208. The fraction of sp³-hybridized carbons (Fsp3) is 0.600. The summed E-state index contributed by atoms with van der Waals surface area (Å²) < 4.78 is 0. The van der Waals surface area contributed by atoms with Gasteiger partial charge in [0.1, 0.15) is 0 Å². The van der Waals surface area contributed by atoms with Gasteiger partial charge in [0.15, 0.2) is 0 Å². The van der Waals surface area contributed by atoms with Crippen molar-refractivity contribution in [2.75, 3.05) is 13.6 Å². The Hall–Kier alpha value is -0.860. The maximum Gasteiger partial charge on any atom is 0.0524 e. The number of rotatable bonds is 6. The molecule has 17 heavy (non-hydrogen) atoms. The van der Waals surface area contributed by atoms with E-state index >= 15 is 0 Å². The van der Waals surface area contributed by atoms with Gasteiger partial charge in [-0.1, -0.05) is 38.1 Å². The predicted octanol–water partition coefficient (Wildman–Crippen LogP) is 3.01. The van der Waals surface area contributed by atoms with Crippen LogP contribution in [0, 0.1) is 0 Å². The van der Waals surface area contributed by atoms with Crippen LogP contribution in [0.25, 0.3) is 0 Å². The monoisotopic (exact) mass is 235 g/mol. The van der Waals surface area contributed by atoms with Crippen LogP contribution in [0.5, 0.6) is 0 Å². The quantitative estimate of drug-likeness (QED) is 0.819. The summed E-state index contributed by atoms with van der Waals surface area (Å²) in [6.45, 7) is 8.15. The van der Waals surface area contributed by atoms with E-state index in [0.717, 1.165) is 19.5 Å². The Balaban J connectivity index is 2.45. The molecule has 0 aromatic heterocycles. The SMILES string of the molecule is CC(O)CCN(C)Cc1ccc(C(C)C)cc1. The highest BCUT2D eigenvalue weighted by atomic mass is 16.3. The molecule has 0 aliphatic heterocycles. The Morgan fingerprint density at radius 3 is 2.18 bits per heavy atom. The third-order valence-electron chi connectivity index (χ3n) is 3.03. The Kier molecular flexibility index (Phi) is 5.66. The van der Waals surface area contributed by atoms with Gasteiger partial charge in [0, 0.05) is 13.1 Å². The van der Waals surface area contributed by atoms with Crippen molar-refractivity contribution in [3.63, 3.8) is 0 Å². The Bertz CT molecular complexity index is 316. The van der Waals surface area contributed by atoms with Crippen molar-refractivity contribution in [1.29, 1.82) is 0 Å². The van der Waals surface area contributed by atoms with Crippen LogP contribution in [0.4, 0.5) is 0 Å². The van der Waals surface area contributed by atoms with Crippen molar-refractivity contribution < 1.29 is 5.11 Å². The molecule has 1 rings (SSSR count). The van der Waals surface area contributed by atoms with E-state index < -0.39 is 0 Å². The van der Waals surface area contributed by atoms with Crippen molar-refractivity contribution in [3.05, 3.63) is 35.4 Å². The van der Waals surface area contributed by atoms with Crippen molar-refractivity contribution >= 4 is 0 Å². The van der Waals surface area contributed by atoms with Crippen LogP contribution in [0.2, 0.25) is 0 Å². The molecule has 1 unspecified atom stereocenters. The molecule has 1 atom stereocenters. The van der Waals surface area contributed by atoms with Gasteiger partial charge in [0.2, 0.25) is 0 Å². The minimum Gasteiger partial charge on any atom is -0.393 e. The van der Waals surface area contributed by atoms with Crippen LogP contribution in [-0.4, -0.2) is 29.7 Å². The second-order valence-electron chi connectivity index (χ2n) is 5.27. The molecule has 0 spiro atoms. The minimum atomic E-state index is -0.208. The molecule has 1 aromatic carbocycles. The zero-order chi connectivity index (χ0) is 12.8. The lowest BCUT2D eigenvalue weighted by Gasteiger charge is -2.18. The van der Waals surface area contributed by atoms with Crippen LogP contribution in [0.3, 0.4) is 0 Å². The van der Waals surface area contributed by atoms with Gasteiger partial charge >= 0.3 is 0 Å². The number of nitrogens with zero attached hydrogens (tertiary/aromatic N) is 1. The molecule has 0 saturated heterocycles. The third kappa shape index (κ3) is 5.33. The number of aliphatic hydroxyl groups excluding tert-OH is 1. The Morgan fingerprint density at radius 1 is 1.12 bits per heavy atom. The number of hydrogen-bond acceptors (Lipinski definition) is 2. The van der Waals surface area contributed by atoms with Crippen LogP contribution in [0.15, 0.2) is 24.3 Å².